The lowest BCUT2D eigenvalue weighted by Gasteiger charge is -2.11. The molecule has 0 aliphatic carbocycles. The van der Waals surface area contributed by atoms with E-state index in [4.69, 9.17) is 15.2 Å². The Hall–Kier alpha value is -3.26. The molecular weight excluding hydrogens is 378 g/mol. The highest BCUT2D eigenvalue weighted by Crippen LogP contribution is 2.23. The smallest absolute Gasteiger partial charge is 0.303 e. The minimum absolute atomic E-state index is 0.132. The topological polar surface area (TPSA) is 96.4 Å². The lowest BCUT2D eigenvalue weighted by atomic mass is 10.2. The number of nitrogens with two attached hydrogens (primary N) is 1. The van der Waals surface area contributed by atoms with Crippen molar-refractivity contribution >= 4 is 23.6 Å². The summed E-state index contributed by atoms with van der Waals surface area (Å²) in [6.07, 6.45) is 1.45. The van der Waals surface area contributed by atoms with Crippen LogP contribution in [0.5, 0.6) is 5.75 Å². The van der Waals surface area contributed by atoms with Crippen LogP contribution >= 0.6 is 11.8 Å². The maximum atomic E-state index is 11.7. The Labute approximate surface area is 166 Å². The summed E-state index contributed by atoms with van der Waals surface area (Å²) in [5, 5.41) is 4.27. The summed E-state index contributed by atoms with van der Waals surface area (Å²) in [7, 11) is 0. The molecule has 2 N–H and O–H groups in total. The van der Waals surface area contributed by atoms with Crippen LogP contribution in [0.15, 0.2) is 65.7 Å². The van der Waals surface area contributed by atoms with Gasteiger partial charge in [-0.25, -0.2) is 4.68 Å². The molecule has 0 spiro atoms. The molecule has 0 saturated heterocycles. The molecule has 28 heavy (non-hydrogen) atoms. The summed E-state index contributed by atoms with van der Waals surface area (Å²) in [4.78, 5) is 23.5. The molecule has 0 unspecified atom stereocenters. The third-order valence-electron chi connectivity index (χ3n) is 3.82. The maximum Gasteiger partial charge on any atom is 0.303 e. The first-order chi connectivity index (χ1) is 13.5. The van der Waals surface area contributed by atoms with Gasteiger partial charge in [0, 0.05) is 11.8 Å². The van der Waals surface area contributed by atoms with Crippen LogP contribution < -0.4 is 10.5 Å². The molecule has 0 radical (unpaired) electrons. The number of amides is 1. The highest BCUT2D eigenvalue weighted by molar-refractivity contribution is 7.99. The van der Waals surface area contributed by atoms with Crippen molar-refractivity contribution in [2.75, 3.05) is 5.94 Å². The summed E-state index contributed by atoms with van der Waals surface area (Å²) < 4.78 is 12.4. The van der Waals surface area contributed by atoms with E-state index >= 15 is 0 Å². The standard InChI is InChI=1S/C20H19N3O4S/c1-14(24)27-13-28-17-9-7-16(8-10-17)26-12-19-18(20(21)25)11-22-23(19)15-5-3-2-4-6-15/h2-11H,12-13H2,1H3,(H2,21,25). The van der Waals surface area contributed by atoms with Gasteiger partial charge in [-0.05, 0) is 36.4 Å². The van der Waals surface area contributed by atoms with Gasteiger partial charge in [-0.3, -0.25) is 9.59 Å². The Morgan fingerprint density at radius 1 is 1.11 bits per heavy atom. The number of carbonyl (C=O) groups is 2. The predicted molar refractivity (Wildman–Crippen MR) is 105 cm³/mol. The van der Waals surface area contributed by atoms with E-state index in [9.17, 15) is 9.59 Å². The second-order valence-electron chi connectivity index (χ2n) is 5.77. The monoisotopic (exact) mass is 397 g/mol. The van der Waals surface area contributed by atoms with Crippen LogP contribution in [0.4, 0.5) is 0 Å². The summed E-state index contributed by atoms with van der Waals surface area (Å²) in [6, 6.07) is 16.8. The van der Waals surface area contributed by atoms with E-state index in [0.717, 1.165) is 10.6 Å². The Morgan fingerprint density at radius 3 is 2.46 bits per heavy atom. The molecule has 0 aliphatic rings. The molecule has 3 aromatic rings. The third kappa shape index (κ3) is 4.92. The normalized spacial score (nSPS) is 10.5. The van der Waals surface area contributed by atoms with Gasteiger partial charge in [0.05, 0.1) is 23.1 Å². The molecule has 8 heteroatoms. The number of benzene rings is 2. The molecule has 0 fully saturated rings. The number of para-hydroxylation sites is 1. The quantitative estimate of drug-likeness (QED) is 0.356. The second kappa shape index (κ2) is 9.09. The summed E-state index contributed by atoms with van der Waals surface area (Å²) in [6.45, 7) is 1.51. The van der Waals surface area contributed by atoms with Crippen LogP contribution in [0.25, 0.3) is 5.69 Å². The molecule has 144 valence electrons. The lowest BCUT2D eigenvalue weighted by Crippen LogP contribution is -2.15. The fourth-order valence-electron chi connectivity index (χ4n) is 2.47. The van der Waals surface area contributed by atoms with Gasteiger partial charge < -0.3 is 15.2 Å². The van der Waals surface area contributed by atoms with E-state index in [0.29, 0.717) is 17.0 Å². The number of hydrogen-bond acceptors (Lipinski definition) is 6. The zero-order chi connectivity index (χ0) is 19.9. The van der Waals surface area contributed by atoms with Crippen molar-refractivity contribution in [2.24, 2.45) is 5.73 Å². The van der Waals surface area contributed by atoms with E-state index in [2.05, 4.69) is 5.10 Å². The van der Waals surface area contributed by atoms with Gasteiger partial charge in [0.15, 0.2) is 0 Å². The van der Waals surface area contributed by atoms with Crippen molar-refractivity contribution in [1.29, 1.82) is 0 Å². The molecule has 0 saturated carbocycles. The SMILES string of the molecule is CC(=O)OCSc1ccc(OCc2c(C(N)=O)cnn2-c2ccccc2)cc1. The third-order valence-corrected chi connectivity index (χ3v) is 4.66. The zero-order valence-corrected chi connectivity index (χ0v) is 16.0. The largest absolute Gasteiger partial charge is 0.487 e. The fraction of sp³-hybridized carbons (Fsp3) is 0.150. The number of esters is 1. The summed E-state index contributed by atoms with van der Waals surface area (Å²) in [5.41, 5.74) is 7.18. The van der Waals surface area contributed by atoms with Gasteiger partial charge in [0.1, 0.15) is 18.3 Å². The van der Waals surface area contributed by atoms with Gasteiger partial charge in [0.25, 0.3) is 5.91 Å². The highest BCUT2D eigenvalue weighted by Gasteiger charge is 2.17. The molecular formula is C20H19N3O4S. The number of nitrogens with zero attached hydrogens (tertiary/aromatic N) is 2. The van der Waals surface area contributed by atoms with Crippen LogP contribution in [-0.2, 0) is 16.1 Å². The Morgan fingerprint density at radius 2 is 1.82 bits per heavy atom. The first kappa shape index (κ1) is 19.5. The molecule has 0 bridgehead atoms. The Balaban J connectivity index is 1.71. The number of primary amides is 1. The average molecular weight is 397 g/mol. The minimum atomic E-state index is -0.557. The fourth-order valence-corrected chi connectivity index (χ4v) is 3.16. The van der Waals surface area contributed by atoms with Gasteiger partial charge in [-0.2, -0.15) is 5.10 Å². The Bertz CT molecular complexity index is 955. The van der Waals surface area contributed by atoms with Gasteiger partial charge >= 0.3 is 5.97 Å². The maximum absolute atomic E-state index is 11.7. The molecule has 3 rings (SSSR count). The lowest BCUT2D eigenvalue weighted by molar-refractivity contribution is -0.138. The molecule has 7 nitrogen and oxygen atoms in total. The van der Waals surface area contributed by atoms with Crippen LogP contribution in [0.2, 0.25) is 0 Å². The first-order valence-corrected chi connectivity index (χ1v) is 9.44. The number of thioether (sulfide) groups is 1. The van der Waals surface area contributed by atoms with Gasteiger partial charge in [0.2, 0.25) is 0 Å². The molecule has 2 aromatic carbocycles. The van der Waals surface area contributed by atoms with E-state index < -0.39 is 5.91 Å². The second-order valence-corrected chi connectivity index (χ2v) is 6.77. The predicted octanol–water partition coefficient (Wildman–Crippen LogP) is 3.16. The highest BCUT2D eigenvalue weighted by atomic mass is 32.2. The number of aromatic nitrogens is 2. The summed E-state index contributed by atoms with van der Waals surface area (Å²) >= 11 is 1.41. The average Bonchev–Trinajstić information content (AvgIpc) is 3.12. The van der Waals surface area contributed by atoms with E-state index in [1.165, 1.54) is 24.9 Å². The molecule has 0 aliphatic heterocycles. The Kier molecular flexibility index (Phi) is 6.33. The van der Waals surface area contributed by atoms with Crippen LogP contribution in [0, 0.1) is 0 Å². The van der Waals surface area contributed by atoms with Crippen LogP contribution in [0.1, 0.15) is 23.0 Å². The number of hydrogen-bond donors (Lipinski definition) is 1. The number of carbonyl (C=O) groups excluding carboxylic acids is 2. The van der Waals surface area contributed by atoms with Crippen molar-refractivity contribution in [3.63, 3.8) is 0 Å². The molecule has 1 aromatic heterocycles. The molecule has 0 atom stereocenters. The number of rotatable bonds is 8. The first-order valence-electron chi connectivity index (χ1n) is 8.46. The molecule has 1 heterocycles. The van der Waals surface area contributed by atoms with Gasteiger partial charge in [-0.1, -0.05) is 30.0 Å². The number of ether oxygens (including phenoxy) is 2. The van der Waals surface area contributed by atoms with E-state index in [1.807, 2.05) is 54.6 Å². The van der Waals surface area contributed by atoms with Crippen LogP contribution in [0.3, 0.4) is 0 Å². The van der Waals surface area contributed by atoms with Crippen molar-refractivity contribution in [3.05, 3.63) is 72.1 Å². The summed E-state index contributed by atoms with van der Waals surface area (Å²) in [5.74, 6) is 0.0205. The van der Waals surface area contributed by atoms with Crippen LogP contribution in [-0.4, -0.2) is 27.6 Å². The zero-order valence-electron chi connectivity index (χ0n) is 15.2. The van der Waals surface area contributed by atoms with E-state index in [1.54, 1.807) is 4.68 Å². The van der Waals surface area contributed by atoms with E-state index in [-0.39, 0.29) is 18.5 Å². The van der Waals surface area contributed by atoms with Crippen molar-refractivity contribution in [3.8, 4) is 11.4 Å². The van der Waals surface area contributed by atoms with Crippen molar-refractivity contribution in [1.82, 2.24) is 9.78 Å². The van der Waals surface area contributed by atoms with Gasteiger partial charge in [-0.15, -0.1) is 0 Å². The molecule has 1 amide bonds. The minimum Gasteiger partial charge on any atom is -0.487 e. The van der Waals surface area contributed by atoms with Crippen molar-refractivity contribution < 1.29 is 19.1 Å². The van der Waals surface area contributed by atoms with Crippen molar-refractivity contribution in [2.45, 2.75) is 18.4 Å².